The first kappa shape index (κ1) is 26.9. The molecule has 11 heteroatoms. The molecule has 2 amide bonds. The molecule has 0 aliphatic rings. The van der Waals surface area contributed by atoms with Crippen molar-refractivity contribution >= 4 is 39.4 Å². The number of carbonyl (C=O) groups is 3. The molecule has 9 nitrogen and oxygen atoms in total. The molecule has 0 saturated heterocycles. The Bertz CT molecular complexity index is 900. The zero-order chi connectivity index (χ0) is 23.8. The monoisotopic (exact) mass is 475 g/mol. The van der Waals surface area contributed by atoms with Crippen LogP contribution in [-0.2, 0) is 24.3 Å². The first-order valence-corrected chi connectivity index (χ1v) is 11.8. The highest BCUT2D eigenvalue weighted by atomic mass is 35.5. The van der Waals surface area contributed by atoms with Gasteiger partial charge in [0, 0.05) is 25.7 Å². The maximum Gasteiger partial charge on any atom is 0.340 e. The number of amides is 2. The van der Waals surface area contributed by atoms with Gasteiger partial charge in [-0.05, 0) is 39.0 Å². The minimum Gasteiger partial charge on any atom is -0.452 e. The van der Waals surface area contributed by atoms with Gasteiger partial charge in [-0.2, -0.15) is 4.31 Å². The molecule has 174 valence electrons. The van der Waals surface area contributed by atoms with E-state index in [1.165, 1.54) is 21.3 Å². The molecule has 0 bridgehead atoms. The number of sulfonamides is 1. The number of esters is 1. The van der Waals surface area contributed by atoms with Gasteiger partial charge in [0.05, 0.1) is 22.0 Å². The van der Waals surface area contributed by atoms with Crippen molar-refractivity contribution in [1.82, 2.24) is 14.5 Å². The topological polar surface area (TPSA) is 113 Å². The summed E-state index contributed by atoms with van der Waals surface area (Å²) in [7, 11) is -3.80. The second-order valence-electron chi connectivity index (χ2n) is 6.94. The van der Waals surface area contributed by atoms with Gasteiger partial charge in [0.1, 0.15) is 0 Å². The fraction of sp³-hybridized carbons (Fsp3) is 0.550. The molecule has 0 radical (unpaired) electrons. The lowest BCUT2D eigenvalue weighted by atomic mass is 10.2. The summed E-state index contributed by atoms with van der Waals surface area (Å²) in [5.74, 6) is -1.82. The number of nitrogens with one attached hydrogen (secondary N) is 1. The SMILES string of the molecule is CCN(CC(=O)NC(C)C)C(=O)COC(=O)c1cc(S(=O)(=O)N(CC)CC)ccc1Cl. The molecule has 1 rings (SSSR count). The van der Waals surface area contributed by atoms with Crippen molar-refractivity contribution in [2.75, 3.05) is 32.8 Å². The van der Waals surface area contributed by atoms with Crippen LogP contribution < -0.4 is 5.32 Å². The van der Waals surface area contributed by atoms with Gasteiger partial charge in [-0.1, -0.05) is 25.4 Å². The van der Waals surface area contributed by atoms with Gasteiger partial charge in [0.25, 0.3) is 5.91 Å². The van der Waals surface area contributed by atoms with Crippen molar-refractivity contribution in [2.24, 2.45) is 0 Å². The third kappa shape index (κ3) is 7.48. The normalized spacial score (nSPS) is 11.5. The molecular weight excluding hydrogens is 446 g/mol. The Morgan fingerprint density at radius 2 is 1.71 bits per heavy atom. The number of hydrogen-bond acceptors (Lipinski definition) is 6. The number of carbonyl (C=O) groups excluding carboxylic acids is 3. The molecule has 0 saturated carbocycles. The third-order valence-corrected chi connectivity index (χ3v) is 6.72. The zero-order valence-corrected chi connectivity index (χ0v) is 20.0. The Hall–Kier alpha value is -2.17. The smallest absolute Gasteiger partial charge is 0.340 e. The van der Waals surface area contributed by atoms with E-state index in [2.05, 4.69) is 5.32 Å². The van der Waals surface area contributed by atoms with Crippen molar-refractivity contribution in [3.05, 3.63) is 28.8 Å². The lowest BCUT2D eigenvalue weighted by molar-refractivity contribution is -0.138. The van der Waals surface area contributed by atoms with Crippen LogP contribution >= 0.6 is 11.6 Å². The van der Waals surface area contributed by atoms with Crippen LogP contribution in [0.4, 0.5) is 0 Å². The highest BCUT2D eigenvalue weighted by Crippen LogP contribution is 2.23. The number of benzene rings is 1. The van der Waals surface area contributed by atoms with Gasteiger partial charge in [0.2, 0.25) is 15.9 Å². The average Bonchev–Trinajstić information content (AvgIpc) is 2.70. The van der Waals surface area contributed by atoms with Crippen LogP contribution in [0.25, 0.3) is 0 Å². The van der Waals surface area contributed by atoms with Gasteiger partial charge in [-0.3, -0.25) is 9.59 Å². The molecule has 0 atom stereocenters. The first-order chi connectivity index (χ1) is 14.5. The minimum absolute atomic E-state index is 0.000366. The molecule has 1 N–H and O–H groups in total. The Balaban J connectivity index is 2.92. The van der Waals surface area contributed by atoms with Crippen molar-refractivity contribution in [3.63, 3.8) is 0 Å². The van der Waals surface area contributed by atoms with Crippen LogP contribution in [0.5, 0.6) is 0 Å². The number of ether oxygens (including phenoxy) is 1. The van der Waals surface area contributed by atoms with Crippen LogP contribution in [0.1, 0.15) is 45.0 Å². The summed E-state index contributed by atoms with van der Waals surface area (Å²) in [4.78, 5) is 37.8. The van der Waals surface area contributed by atoms with Crippen molar-refractivity contribution in [1.29, 1.82) is 0 Å². The molecule has 0 aliphatic heterocycles. The van der Waals surface area contributed by atoms with Crippen molar-refractivity contribution in [3.8, 4) is 0 Å². The van der Waals surface area contributed by atoms with Gasteiger partial charge >= 0.3 is 5.97 Å². The summed E-state index contributed by atoms with van der Waals surface area (Å²) in [6.45, 7) is 8.74. The molecule has 0 spiro atoms. The number of rotatable bonds is 11. The highest BCUT2D eigenvalue weighted by molar-refractivity contribution is 7.89. The van der Waals surface area contributed by atoms with Crippen LogP contribution in [0, 0.1) is 0 Å². The summed E-state index contributed by atoms with van der Waals surface area (Å²) in [5, 5.41) is 2.68. The molecule has 0 heterocycles. The van der Waals surface area contributed by atoms with E-state index in [9.17, 15) is 22.8 Å². The first-order valence-electron chi connectivity index (χ1n) is 10.0. The quantitative estimate of drug-likeness (QED) is 0.489. The number of nitrogens with zero attached hydrogens (tertiary/aromatic N) is 2. The van der Waals surface area contributed by atoms with Crippen molar-refractivity contribution in [2.45, 2.75) is 45.6 Å². The Morgan fingerprint density at radius 3 is 2.23 bits per heavy atom. The van der Waals surface area contributed by atoms with E-state index in [1.807, 2.05) is 0 Å². The average molecular weight is 476 g/mol. The number of halogens is 1. The largest absolute Gasteiger partial charge is 0.452 e. The summed E-state index contributed by atoms with van der Waals surface area (Å²) in [6.07, 6.45) is 0. The van der Waals surface area contributed by atoms with E-state index in [4.69, 9.17) is 16.3 Å². The molecule has 31 heavy (non-hydrogen) atoms. The van der Waals surface area contributed by atoms with E-state index in [1.54, 1.807) is 34.6 Å². The molecule has 0 unspecified atom stereocenters. The molecule has 1 aromatic carbocycles. The third-order valence-electron chi connectivity index (χ3n) is 4.35. The maximum atomic E-state index is 12.7. The van der Waals surface area contributed by atoms with E-state index in [0.29, 0.717) is 0 Å². The van der Waals surface area contributed by atoms with Crippen LogP contribution in [0.2, 0.25) is 5.02 Å². The lowest BCUT2D eigenvalue weighted by Crippen LogP contribution is -2.44. The van der Waals surface area contributed by atoms with Crippen LogP contribution in [0.3, 0.4) is 0 Å². The summed E-state index contributed by atoms with van der Waals surface area (Å²) in [6, 6.07) is 3.67. The Morgan fingerprint density at radius 1 is 1.10 bits per heavy atom. The summed E-state index contributed by atoms with van der Waals surface area (Å²) in [5.41, 5.74) is -0.164. The van der Waals surface area contributed by atoms with Crippen molar-refractivity contribution < 1.29 is 27.5 Å². The van der Waals surface area contributed by atoms with Gasteiger partial charge < -0.3 is 15.0 Å². The maximum absolute atomic E-state index is 12.7. The van der Waals surface area contributed by atoms with E-state index >= 15 is 0 Å². The molecule has 0 aromatic heterocycles. The standard InChI is InChI=1S/C20H30ClN3O6S/c1-6-23(12-18(25)22-14(4)5)19(26)13-30-20(27)16-11-15(9-10-17(16)21)31(28,29)24(7-2)8-3/h9-11,14H,6-8,12-13H2,1-5H3,(H,22,25). The summed E-state index contributed by atoms with van der Waals surface area (Å²) < 4.78 is 31.7. The van der Waals surface area contributed by atoms with Gasteiger partial charge in [-0.25, -0.2) is 13.2 Å². The molecular formula is C20H30ClN3O6S. The highest BCUT2D eigenvalue weighted by Gasteiger charge is 2.25. The van der Waals surface area contributed by atoms with E-state index < -0.39 is 28.5 Å². The second-order valence-corrected chi connectivity index (χ2v) is 9.28. The summed E-state index contributed by atoms with van der Waals surface area (Å²) >= 11 is 6.05. The van der Waals surface area contributed by atoms with E-state index in [0.717, 1.165) is 6.07 Å². The van der Waals surface area contributed by atoms with Gasteiger partial charge in [0.15, 0.2) is 6.61 Å². The predicted octanol–water partition coefficient (Wildman–Crippen LogP) is 1.90. The van der Waals surface area contributed by atoms with Crippen LogP contribution in [0.15, 0.2) is 23.1 Å². The number of hydrogen-bond donors (Lipinski definition) is 1. The molecule has 1 aromatic rings. The lowest BCUT2D eigenvalue weighted by Gasteiger charge is -2.21. The van der Waals surface area contributed by atoms with Gasteiger partial charge in [-0.15, -0.1) is 0 Å². The Kier molecular flexibility index (Phi) is 10.4. The second kappa shape index (κ2) is 12.0. The Labute approximate surface area is 188 Å². The zero-order valence-electron chi connectivity index (χ0n) is 18.5. The minimum atomic E-state index is -3.80. The molecule has 0 aliphatic carbocycles. The fourth-order valence-electron chi connectivity index (χ4n) is 2.75. The fourth-order valence-corrected chi connectivity index (χ4v) is 4.43. The number of likely N-dealkylation sites (N-methyl/N-ethyl adjacent to an activating group) is 1. The van der Waals surface area contributed by atoms with E-state index in [-0.39, 0.29) is 53.6 Å². The van der Waals surface area contributed by atoms with Crippen LogP contribution in [-0.4, -0.2) is 74.2 Å². The predicted molar refractivity (Wildman–Crippen MR) is 117 cm³/mol. The molecule has 0 fully saturated rings.